The van der Waals surface area contributed by atoms with E-state index in [1.165, 1.54) is 10.6 Å². The van der Waals surface area contributed by atoms with Crippen LogP contribution in [0.5, 0.6) is 0 Å². The van der Waals surface area contributed by atoms with Gasteiger partial charge in [-0.05, 0) is 74.4 Å². The monoisotopic (exact) mass is 529 g/mol. The van der Waals surface area contributed by atoms with Crippen molar-refractivity contribution in [2.75, 3.05) is 23.7 Å². The van der Waals surface area contributed by atoms with Crippen molar-refractivity contribution in [1.82, 2.24) is 10.2 Å². The number of nitrogens with zero attached hydrogens (tertiary/aromatic N) is 2. The van der Waals surface area contributed by atoms with Gasteiger partial charge in [-0.25, -0.2) is 8.42 Å². The smallest absolute Gasteiger partial charge is 0.242 e. The van der Waals surface area contributed by atoms with E-state index in [9.17, 15) is 18.0 Å². The molecule has 1 N–H and O–H groups in total. The molecular formula is C29H43N3O4S. The predicted molar refractivity (Wildman–Crippen MR) is 151 cm³/mol. The third-order valence-electron chi connectivity index (χ3n) is 6.75. The van der Waals surface area contributed by atoms with E-state index >= 15 is 0 Å². The summed E-state index contributed by atoms with van der Waals surface area (Å²) in [5.41, 5.74) is 4.73. The van der Waals surface area contributed by atoms with Crippen molar-refractivity contribution in [3.8, 4) is 0 Å². The summed E-state index contributed by atoms with van der Waals surface area (Å²) in [6.45, 7) is 11.0. The molecule has 0 spiro atoms. The SMILES string of the molecule is CCCCNC(=O)[C@@H](CC)N(Cc1ccccc1C)C(=O)CCCN(c1ccc(C)c(C)c1)S(C)(=O)=O. The molecule has 1 atom stereocenters. The Morgan fingerprint density at radius 3 is 2.24 bits per heavy atom. The van der Waals surface area contributed by atoms with Crippen LogP contribution in [0.3, 0.4) is 0 Å². The number of benzene rings is 2. The summed E-state index contributed by atoms with van der Waals surface area (Å²) in [7, 11) is -3.52. The van der Waals surface area contributed by atoms with Crippen molar-refractivity contribution in [2.45, 2.75) is 79.3 Å². The summed E-state index contributed by atoms with van der Waals surface area (Å²) >= 11 is 0. The van der Waals surface area contributed by atoms with E-state index in [4.69, 9.17) is 0 Å². The Morgan fingerprint density at radius 1 is 0.946 bits per heavy atom. The molecule has 2 aromatic rings. The molecule has 2 rings (SSSR count). The topological polar surface area (TPSA) is 86.8 Å². The second-order valence-electron chi connectivity index (χ2n) is 9.72. The highest BCUT2D eigenvalue weighted by Crippen LogP contribution is 2.23. The predicted octanol–water partition coefficient (Wildman–Crippen LogP) is 4.88. The fourth-order valence-electron chi connectivity index (χ4n) is 4.28. The van der Waals surface area contributed by atoms with Gasteiger partial charge in [-0.2, -0.15) is 0 Å². The molecule has 0 bridgehead atoms. The van der Waals surface area contributed by atoms with E-state index < -0.39 is 16.1 Å². The Labute approximate surface area is 223 Å². The molecule has 0 saturated heterocycles. The van der Waals surface area contributed by atoms with E-state index in [1.54, 1.807) is 11.0 Å². The summed E-state index contributed by atoms with van der Waals surface area (Å²) in [6, 6.07) is 12.8. The minimum atomic E-state index is -3.52. The molecule has 37 heavy (non-hydrogen) atoms. The largest absolute Gasteiger partial charge is 0.354 e. The fourth-order valence-corrected chi connectivity index (χ4v) is 5.24. The van der Waals surface area contributed by atoms with Crippen LogP contribution in [0, 0.1) is 20.8 Å². The second-order valence-corrected chi connectivity index (χ2v) is 11.6. The zero-order valence-corrected chi connectivity index (χ0v) is 24.0. The molecule has 0 aliphatic heterocycles. The molecule has 0 unspecified atom stereocenters. The van der Waals surface area contributed by atoms with Gasteiger partial charge in [0.05, 0.1) is 11.9 Å². The molecule has 0 aliphatic rings. The Hall–Kier alpha value is -2.87. The van der Waals surface area contributed by atoms with E-state index in [-0.39, 0.29) is 24.8 Å². The molecule has 0 fully saturated rings. The molecule has 8 heteroatoms. The van der Waals surface area contributed by atoms with Gasteiger partial charge in [-0.3, -0.25) is 13.9 Å². The Balaban J connectivity index is 2.22. The van der Waals surface area contributed by atoms with Gasteiger partial charge in [0.25, 0.3) is 0 Å². The van der Waals surface area contributed by atoms with Gasteiger partial charge in [0.2, 0.25) is 21.8 Å². The first-order chi connectivity index (χ1) is 17.5. The van der Waals surface area contributed by atoms with Crippen LogP contribution in [0.2, 0.25) is 0 Å². The van der Waals surface area contributed by atoms with Gasteiger partial charge in [-0.15, -0.1) is 0 Å². The molecular weight excluding hydrogens is 486 g/mol. The third-order valence-corrected chi connectivity index (χ3v) is 7.94. The van der Waals surface area contributed by atoms with Crippen molar-refractivity contribution >= 4 is 27.5 Å². The summed E-state index contributed by atoms with van der Waals surface area (Å²) in [5, 5.41) is 2.98. The first-order valence-electron chi connectivity index (χ1n) is 13.2. The number of anilines is 1. The number of amides is 2. The lowest BCUT2D eigenvalue weighted by Gasteiger charge is -2.31. The highest BCUT2D eigenvalue weighted by Gasteiger charge is 2.29. The van der Waals surface area contributed by atoms with Gasteiger partial charge in [0.1, 0.15) is 6.04 Å². The standard InChI is InChI=1S/C29H43N3O4S/c1-7-9-18-30-29(34)27(8-2)31(21-25-14-11-10-13-23(25)4)28(33)15-12-19-32(37(6,35)36)26-17-16-22(3)24(5)20-26/h10-11,13-14,16-17,20,27H,7-9,12,15,18-19,21H2,1-6H3,(H,30,34)/t27-/m1/s1. The first kappa shape index (κ1) is 30.4. The number of unbranched alkanes of at least 4 members (excludes halogenated alkanes) is 1. The molecule has 0 saturated carbocycles. The molecule has 2 aromatic carbocycles. The zero-order chi connectivity index (χ0) is 27.6. The van der Waals surface area contributed by atoms with Gasteiger partial charge in [-0.1, -0.05) is 50.6 Å². The summed E-state index contributed by atoms with van der Waals surface area (Å²) < 4.78 is 26.5. The number of hydrogen-bond acceptors (Lipinski definition) is 4. The lowest BCUT2D eigenvalue weighted by molar-refractivity contribution is -0.141. The number of aryl methyl sites for hydroxylation is 3. The maximum atomic E-state index is 13.5. The molecule has 204 valence electrons. The Morgan fingerprint density at radius 2 is 1.65 bits per heavy atom. The van der Waals surface area contributed by atoms with Crippen LogP contribution in [0.25, 0.3) is 0 Å². The average molecular weight is 530 g/mol. The van der Waals surface area contributed by atoms with E-state index in [0.29, 0.717) is 31.6 Å². The van der Waals surface area contributed by atoms with Gasteiger partial charge in [0.15, 0.2) is 0 Å². The van der Waals surface area contributed by atoms with Crippen LogP contribution >= 0.6 is 0 Å². The fraction of sp³-hybridized carbons (Fsp3) is 0.517. The van der Waals surface area contributed by atoms with E-state index in [2.05, 4.69) is 12.2 Å². The molecule has 2 amide bonds. The quantitative estimate of drug-likeness (QED) is 0.353. The van der Waals surface area contributed by atoms with Gasteiger partial charge >= 0.3 is 0 Å². The van der Waals surface area contributed by atoms with Crippen LogP contribution in [0.4, 0.5) is 5.69 Å². The highest BCUT2D eigenvalue weighted by atomic mass is 32.2. The van der Waals surface area contributed by atoms with Crippen molar-refractivity contribution < 1.29 is 18.0 Å². The van der Waals surface area contributed by atoms with Gasteiger partial charge < -0.3 is 10.2 Å². The highest BCUT2D eigenvalue weighted by molar-refractivity contribution is 7.92. The van der Waals surface area contributed by atoms with E-state index in [0.717, 1.165) is 35.1 Å². The first-order valence-corrected chi connectivity index (χ1v) is 15.0. The van der Waals surface area contributed by atoms with Crippen molar-refractivity contribution in [1.29, 1.82) is 0 Å². The molecule has 0 radical (unpaired) electrons. The number of nitrogens with one attached hydrogen (secondary N) is 1. The molecule has 0 aromatic heterocycles. The Bertz CT molecular complexity index is 1160. The summed E-state index contributed by atoms with van der Waals surface area (Å²) in [4.78, 5) is 28.2. The number of carbonyl (C=O) groups excluding carboxylic acids is 2. The minimum Gasteiger partial charge on any atom is -0.354 e. The molecule has 0 aliphatic carbocycles. The van der Waals surface area contributed by atoms with Crippen LogP contribution in [-0.4, -0.2) is 50.5 Å². The average Bonchev–Trinajstić information content (AvgIpc) is 2.84. The maximum absolute atomic E-state index is 13.5. The number of hydrogen-bond donors (Lipinski definition) is 1. The lowest BCUT2D eigenvalue weighted by atomic mass is 10.0. The van der Waals surface area contributed by atoms with Crippen molar-refractivity contribution in [3.63, 3.8) is 0 Å². The third kappa shape index (κ3) is 8.88. The number of sulfonamides is 1. The second kappa shape index (κ2) is 14.2. The molecule has 0 heterocycles. The molecule has 7 nitrogen and oxygen atoms in total. The Kier molecular flexibility index (Phi) is 11.6. The van der Waals surface area contributed by atoms with Crippen LogP contribution in [0.15, 0.2) is 42.5 Å². The summed E-state index contributed by atoms with van der Waals surface area (Å²) in [5.74, 6) is -0.306. The van der Waals surface area contributed by atoms with Crippen LogP contribution < -0.4 is 9.62 Å². The number of carbonyl (C=O) groups is 2. The van der Waals surface area contributed by atoms with Crippen LogP contribution in [-0.2, 0) is 26.2 Å². The zero-order valence-electron chi connectivity index (χ0n) is 23.2. The van der Waals surface area contributed by atoms with Crippen molar-refractivity contribution in [3.05, 3.63) is 64.7 Å². The number of rotatable bonds is 14. The van der Waals surface area contributed by atoms with Crippen LogP contribution in [0.1, 0.15) is 68.2 Å². The van der Waals surface area contributed by atoms with Crippen molar-refractivity contribution in [2.24, 2.45) is 0 Å². The minimum absolute atomic E-state index is 0.140. The van der Waals surface area contributed by atoms with E-state index in [1.807, 2.05) is 64.1 Å². The maximum Gasteiger partial charge on any atom is 0.242 e. The summed E-state index contributed by atoms with van der Waals surface area (Å²) in [6.07, 6.45) is 4.02. The van der Waals surface area contributed by atoms with Gasteiger partial charge in [0, 0.05) is 26.1 Å². The normalized spacial score (nSPS) is 12.2. The lowest BCUT2D eigenvalue weighted by Crippen LogP contribution is -2.49.